The molecule has 1 fully saturated rings. The molecule has 0 atom stereocenters. The van der Waals surface area contributed by atoms with Crippen molar-refractivity contribution in [2.45, 2.75) is 24.9 Å². The van der Waals surface area contributed by atoms with Crippen LogP contribution in [0.3, 0.4) is 0 Å². The number of alkyl halides is 3. The highest BCUT2D eigenvalue weighted by Crippen LogP contribution is 2.35. The van der Waals surface area contributed by atoms with Crippen LogP contribution in [0, 0.1) is 13.8 Å². The van der Waals surface area contributed by atoms with Gasteiger partial charge in [-0.05, 0) is 37.6 Å². The fraction of sp³-hybridized carbons (Fsp3) is 0.368. The lowest BCUT2D eigenvalue weighted by Crippen LogP contribution is -2.50. The molecule has 1 saturated heterocycles. The first-order valence-corrected chi connectivity index (χ1v) is 11.0. The second-order valence-corrected chi connectivity index (χ2v) is 9.24. The summed E-state index contributed by atoms with van der Waals surface area (Å²) in [6, 6.07) is 3.35. The average molecular weight is 478 g/mol. The van der Waals surface area contributed by atoms with Gasteiger partial charge in [0, 0.05) is 32.3 Å². The van der Waals surface area contributed by atoms with Gasteiger partial charge in [0.1, 0.15) is 10.6 Å². The first kappa shape index (κ1) is 23.3. The van der Waals surface area contributed by atoms with E-state index >= 15 is 0 Å². The van der Waals surface area contributed by atoms with E-state index in [1.165, 1.54) is 35.2 Å². The van der Waals surface area contributed by atoms with Gasteiger partial charge >= 0.3 is 6.18 Å². The highest BCUT2D eigenvalue weighted by atomic mass is 35.5. The highest BCUT2D eigenvalue weighted by molar-refractivity contribution is 7.89. The molecule has 0 unspecified atom stereocenters. The van der Waals surface area contributed by atoms with E-state index in [0.717, 1.165) is 18.2 Å². The molecule has 1 aliphatic heterocycles. The number of piperazine rings is 1. The van der Waals surface area contributed by atoms with Crippen molar-refractivity contribution in [2.75, 3.05) is 26.2 Å². The van der Waals surface area contributed by atoms with E-state index in [1.54, 1.807) is 0 Å². The number of benzene rings is 1. The standard InChI is InChI=1S/C19H19ClF3N3O4S/c1-12-18(13(2)30-24-12)31(28,29)26-9-7-25(8-10-26)17(27)6-4-14-3-5-16(20)15(11-14)19(21,22)23/h3-6,11H,7-10H2,1-2H3/b6-4+. The van der Waals surface area contributed by atoms with Crippen molar-refractivity contribution < 1.29 is 30.9 Å². The molecular formula is C19H19ClF3N3O4S. The second-order valence-electron chi connectivity index (χ2n) is 6.95. The highest BCUT2D eigenvalue weighted by Gasteiger charge is 2.34. The molecular weight excluding hydrogens is 459 g/mol. The minimum absolute atomic E-state index is 0.0235. The van der Waals surface area contributed by atoms with Gasteiger partial charge in [0.15, 0.2) is 5.76 Å². The van der Waals surface area contributed by atoms with Gasteiger partial charge in [0.05, 0.1) is 10.6 Å². The van der Waals surface area contributed by atoms with Gasteiger partial charge in [-0.1, -0.05) is 22.8 Å². The van der Waals surface area contributed by atoms with Gasteiger partial charge in [0.2, 0.25) is 15.9 Å². The molecule has 0 N–H and O–H groups in total. The molecule has 2 aromatic rings. The fourth-order valence-corrected chi connectivity index (χ4v) is 5.20. The van der Waals surface area contributed by atoms with Crippen LogP contribution in [0.4, 0.5) is 13.2 Å². The predicted octanol–water partition coefficient (Wildman–Crippen LogP) is 3.51. The van der Waals surface area contributed by atoms with E-state index in [4.69, 9.17) is 16.1 Å². The summed E-state index contributed by atoms with van der Waals surface area (Å²) in [5, 5.41) is 3.24. The fourth-order valence-electron chi connectivity index (χ4n) is 3.26. The molecule has 1 amide bonds. The molecule has 31 heavy (non-hydrogen) atoms. The molecule has 12 heteroatoms. The summed E-state index contributed by atoms with van der Waals surface area (Å²) in [5.41, 5.74) is -0.549. The third kappa shape index (κ3) is 4.94. The van der Waals surface area contributed by atoms with Crippen molar-refractivity contribution in [3.8, 4) is 0 Å². The number of aromatic nitrogens is 1. The molecule has 0 bridgehead atoms. The summed E-state index contributed by atoms with van der Waals surface area (Å²) >= 11 is 5.59. The number of hydrogen-bond acceptors (Lipinski definition) is 5. The van der Waals surface area contributed by atoms with Gasteiger partial charge in [0.25, 0.3) is 0 Å². The Morgan fingerprint density at radius 3 is 2.39 bits per heavy atom. The van der Waals surface area contributed by atoms with E-state index in [-0.39, 0.29) is 48.1 Å². The zero-order chi connectivity index (χ0) is 23.0. The Morgan fingerprint density at radius 2 is 1.84 bits per heavy atom. The molecule has 0 radical (unpaired) electrons. The number of amides is 1. The number of carbonyl (C=O) groups is 1. The number of sulfonamides is 1. The van der Waals surface area contributed by atoms with E-state index in [2.05, 4.69) is 5.16 Å². The molecule has 1 aromatic carbocycles. The van der Waals surface area contributed by atoms with Crippen LogP contribution in [0.15, 0.2) is 33.7 Å². The van der Waals surface area contributed by atoms with Crippen LogP contribution >= 0.6 is 11.6 Å². The summed E-state index contributed by atoms with van der Waals surface area (Å²) in [5.74, 6) is -0.238. The third-order valence-corrected chi connectivity index (χ3v) is 7.30. The van der Waals surface area contributed by atoms with E-state index < -0.39 is 32.7 Å². The number of carbonyl (C=O) groups excluding carboxylic acids is 1. The van der Waals surface area contributed by atoms with Crippen molar-refractivity contribution in [3.05, 3.63) is 51.9 Å². The molecule has 1 aromatic heterocycles. The van der Waals surface area contributed by atoms with Crippen molar-refractivity contribution in [2.24, 2.45) is 0 Å². The number of rotatable bonds is 4. The monoisotopic (exact) mass is 477 g/mol. The maximum Gasteiger partial charge on any atom is 0.417 e. The Bertz CT molecular complexity index is 1100. The van der Waals surface area contributed by atoms with Crippen molar-refractivity contribution >= 4 is 33.6 Å². The Labute approximate surface area is 182 Å². The number of hydrogen-bond donors (Lipinski definition) is 0. The maximum absolute atomic E-state index is 13.0. The summed E-state index contributed by atoms with van der Waals surface area (Å²) in [4.78, 5) is 13.9. The summed E-state index contributed by atoms with van der Waals surface area (Å²) in [6.45, 7) is 3.48. The second kappa shape index (κ2) is 8.64. The smallest absolute Gasteiger partial charge is 0.360 e. The zero-order valence-corrected chi connectivity index (χ0v) is 18.2. The quantitative estimate of drug-likeness (QED) is 0.629. The van der Waals surface area contributed by atoms with Gasteiger partial charge in [-0.2, -0.15) is 17.5 Å². The van der Waals surface area contributed by atoms with Crippen molar-refractivity contribution in [1.29, 1.82) is 0 Å². The van der Waals surface area contributed by atoms with Crippen LogP contribution in [0.5, 0.6) is 0 Å². The predicted molar refractivity (Wildman–Crippen MR) is 107 cm³/mol. The Hall–Kier alpha value is -2.37. The Balaban J connectivity index is 1.66. The molecule has 168 valence electrons. The lowest BCUT2D eigenvalue weighted by Gasteiger charge is -2.33. The van der Waals surface area contributed by atoms with Crippen molar-refractivity contribution in [3.63, 3.8) is 0 Å². The SMILES string of the molecule is Cc1noc(C)c1S(=O)(=O)N1CCN(C(=O)/C=C/c2ccc(Cl)c(C(F)(F)F)c2)CC1. The maximum atomic E-state index is 13.0. The van der Waals surface area contributed by atoms with Crippen LogP contribution in [0.1, 0.15) is 22.6 Å². The Morgan fingerprint density at radius 1 is 1.19 bits per heavy atom. The van der Waals surface area contributed by atoms with Crippen molar-refractivity contribution in [1.82, 2.24) is 14.4 Å². The van der Waals surface area contributed by atoms with Crippen LogP contribution in [-0.4, -0.2) is 54.9 Å². The van der Waals surface area contributed by atoms with Crippen LogP contribution in [-0.2, 0) is 21.0 Å². The van der Waals surface area contributed by atoms with Gasteiger partial charge in [-0.15, -0.1) is 0 Å². The molecule has 7 nitrogen and oxygen atoms in total. The van der Waals surface area contributed by atoms with Gasteiger partial charge < -0.3 is 9.42 Å². The number of nitrogens with zero attached hydrogens (tertiary/aromatic N) is 3. The minimum Gasteiger partial charge on any atom is -0.360 e. The lowest BCUT2D eigenvalue weighted by atomic mass is 10.1. The van der Waals surface area contributed by atoms with Crippen LogP contribution in [0.25, 0.3) is 6.08 Å². The lowest BCUT2D eigenvalue weighted by molar-refractivity contribution is -0.137. The van der Waals surface area contributed by atoms with Crippen LogP contribution < -0.4 is 0 Å². The molecule has 0 aliphatic carbocycles. The average Bonchev–Trinajstić information content (AvgIpc) is 3.05. The van der Waals surface area contributed by atoms with E-state index in [0.29, 0.717) is 0 Å². The van der Waals surface area contributed by atoms with Crippen LogP contribution in [0.2, 0.25) is 5.02 Å². The summed E-state index contributed by atoms with van der Waals surface area (Å²) < 4.78 is 70.7. The Kier molecular flexibility index (Phi) is 6.49. The minimum atomic E-state index is -4.60. The largest absolute Gasteiger partial charge is 0.417 e. The number of aryl methyl sites for hydroxylation is 2. The van der Waals surface area contributed by atoms with E-state index in [9.17, 15) is 26.4 Å². The first-order chi connectivity index (χ1) is 14.4. The third-order valence-electron chi connectivity index (χ3n) is 4.83. The topological polar surface area (TPSA) is 83.7 Å². The summed E-state index contributed by atoms with van der Waals surface area (Å²) in [7, 11) is -3.81. The molecule has 0 spiro atoms. The summed E-state index contributed by atoms with van der Waals surface area (Å²) in [6.07, 6.45) is -2.18. The van der Waals surface area contributed by atoms with Gasteiger partial charge in [-0.25, -0.2) is 8.42 Å². The number of halogens is 4. The van der Waals surface area contributed by atoms with E-state index in [1.807, 2.05) is 0 Å². The first-order valence-electron chi connectivity index (χ1n) is 9.18. The van der Waals surface area contributed by atoms with Gasteiger partial charge in [-0.3, -0.25) is 4.79 Å². The molecule has 3 rings (SSSR count). The molecule has 2 heterocycles. The normalized spacial score (nSPS) is 16.3. The molecule has 0 saturated carbocycles. The molecule has 1 aliphatic rings. The zero-order valence-electron chi connectivity index (χ0n) is 16.6.